The van der Waals surface area contributed by atoms with Gasteiger partial charge in [0.05, 0.1) is 12.4 Å². The average molecular weight is 140 g/mol. The molecule has 0 atom stereocenters. The van der Waals surface area contributed by atoms with Crippen molar-refractivity contribution in [2.45, 2.75) is 39.5 Å². The lowest BCUT2D eigenvalue weighted by Gasteiger charge is -2.00. The van der Waals surface area contributed by atoms with E-state index in [1.54, 1.807) is 5.57 Å². The van der Waals surface area contributed by atoms with Gasteiger partial charge in [-0.3, -0.25) is 0 Å². The molecule has 0 aromatic carbocycles. The van der Waals surface area contributed by atoms with Crippen molar-refractivity contribution in [3.8, 4) is 0 Å². The van der Waals surface area contributed by atoms with E-state index in [9.17, 15) is 0 Å². The molecule has 10 heavy (non-hydrogen) atoms. The summed E-state index contributed by atoms with van der Waals surface area (Å²) in [5.74, 6) is 1.27. The third-order valence-electron chi connectivity index (χ3n) is 1.95. The molecule has 0 N–H and O–H groups in total. The van der Waals surface area contributed by atoms with Gasteiger partial charge in [0.2, 0.25) is 0 Å². The van der Waals surface area contributed by atoms with Crippen LogP contribution >= 0.6 is 0 Å². The molecule has 1 rings (SSSR count). The Morgan fingerprint density at radius 1 is 1.40 bits per heavy atom. The topological polar surface area (TPSA) is 9.23 Å². The number of hydrogen-bond donors (Lipinski definition) is 0. The fourth-order valence-electron chi connectivity index (χ4n) is 1.46. The van der Waals surface area contributed by atoms with E-state index in [1.165, 1.54) is 25.0 Å². The van der Waals surface area contributed by atoms with Crippen molar-refractivity contribution < 1.29 is 4.74 Å². The summed E-state index contributed by atoms with van der Waals surface area (Å²) in [5, 5.41) is 0. The lowest BCUT2D eigenvalue weighted by molar-refractivity contribution is 0.236. The largest absolute Gasteiger partial charge is 0.498 e. The predicted molar refractivity (Wildman–Crippen MR) is 42.8 cm³/mol. The fraction of sp³-hybridized carbons (Fsp3) is 0.778. The minimum atomic E-state index is 0.929. The molecule has 0 saturated heterocycles. The van der Waals surface area contributed by atoms with Crippen LogP contribution in [0.3, 0.4) is 0 Å². The summed E-state index contributed by atoms with van der Waals surface area (Å²) in [6, 6.07) is 0. The first kappa shape index (κ1) is 7.64. The van der Waals surface area contributed by atoms with Crippen molar-refractivity contribution >= 4 is 0 Å². The Morgan fingerprint density at radius 2 is 2.20 bits per heavy atom. The van der Waals surface area contributed by atoms with Crippen molar-refractivity contribution in [3.63, 3.8) is 0 Å². The Labute approximate surface area is 63.1 Å². The van der Waals surface area contributed by atoms with Crippen LogP contribution in [0, 0.1) is 0 Å². The maximum atomic E-state index is 5.45. The summed E-state index contributed by atoms with van der Waals surface area (Å²) >= 11 is 0. The van der Waals surface area contributed by atoms with Gasteiger partial charge in [0.25, 0.3) is 0 Å². The van der Waals surface area contributed by atoms with Gasteiger partial charge in [0.15, 0.2) is 0 Å². The first-order valence-electron chi connectivity index (χ1n) is 4.22. The molecule has 1 nitrogen and oxygen atoms in total. The highest BCUT2D eigenvalue weighted by Crippen LogP contribution is 2.24. The quantitative estimate of drug-likeness (QED) is 0.585. The zero-order valence-corrected chi connectivity index (χ0v) is 6.94. The number of ether oxygens (including phenoxy) is 1. The van der Waals surface area contributed by atoms with Gasteiger partial charge in [-0.1, -0.05) is 20.3 Å². The van der Waals surface area contributed by atoms with E-state index in [4.69, 9.17) is 4.74 Å². The van der Waals surface area contributed by atoms with Crippen molar-refractivity contribution in [1.29, 1.82) is 0 Å². The molecule has 0 bridgehead atoms. The van der Waals surface area contributed by atoms with Crippen molar-refractivity contribution in [2.24, 2.45) is 0 Å². The van der Waals surface area contributed by atoms with Crippen LogP contribution in [-0.2, 0) is 4.74 Å². The third kappa shape index (κ3) is 1.53. The van der Waals surface area contributed by atoms with E-state index in [0.29, 0.717) is 0 Å². The second kappa shape index (κ2) is 3.65. The molecule has 58 valence electrons. The van der Waals surface area contributed by atoms with Crippen molar-refractivity contribution in [3.05, 3.63) is 11.3 Å². The minimum Gasteiger partial charge on any atom is -0.498 e. The smallest absolute Gasteiger partial charge is 0.0950 e. The summed E-state index contributed by atoms with van der Waals surface area (Å²) in [7, 11) is 0. The Hall–Kier alpha value is -0.460. The van der Waals surface area contributed by atoms with Gasteiger partial charge in [-0.05, 0) is 12.0 Å². The molecule has 0 aromatic heterocycles. The fourth-order valence-corrected chi connectivity index (χ4v) is 1.46. The molecular formula is C9H16O. The molecule has 0 amide bonds. The molecular weight excluding hydrogens is 124 g/mol. The molecule has 0 aliphatic carbocycles. The monoisotopic (exact) mass is 140 g/mol. The maximum Gasteiger partial charge on any atom is 0.0950 e. The molecule has 0 radical (unpaired) electrons. The van der Waals surface area contributed by atoms with Crippen LogP contribution in [0.5, 0.6) is 0 Å². The van der Waals surface area contributed by atoms with Crippen LogP contribution in [0.1, 0.15) is 39.5 Å². The lowest BCUT2D eigenvalue weighted by atomic mass is 10.1. The summed E-state index contributed by atoms with van der Waals surface area (Å²) in [5.41, 5.74) is 1.56. The highest BCUT2D eigenvalue weighted by molar-refractivity contribution is 5.12. The molecule has 1 heterocycles. The first-order valence-corrected chi connectivity index (χ1v) is 4.22. The minimum absolute atomic E-state index is 0.929. The summed E-state index contributed by atoms with van der Waals surface area (Å²) in [6.07, 6.45) is 4.75. The first-order chi connectivity index (χ1) is 4.88. The molecule has 0 spiro atoms. The normalized spacial score (nSPS) is 17.8. The maximum absolute atomic E-state index is 5.45. The van der Waals surface area contributed by atoms with E-state index in [0.717, 1.165) is 13.0 Å². The molecule has 1 heteroatoms. The van der Waals surface area contributed by atoms with Gasteiger partial charge in [-0.15, -0.1) is 0 Å². The van der Waals surface area contributed by atoms with Gasteiger partial charge in [-0.25, -0.2) is 0 Å². The second-order valence-corrected chi connectivity index (χ2v) is 2.73. The van der Waals surface area contributed by atoms with Crippen LogP contribution in [0.4, 0.5) is 0 Å². The molecule has 0 saturated carbocycles. The van der Waals surface area contributed by atoms with Crippen molar-refractivity contribution in [2.75, 3.05) is 6.61 Å². The van der Waals surface area contributed by atoms with E-state index in [-0.39, 0.29) is 0 Å². The highest BCUT2D eigenvalue weighted by Gasteiger charge is 2.12. The number of allylic oxidation sites excluding steroid dienone is 1. The molecule has 1 aliphatic rings. The SMILES string of the molecule is CCCC1=C(CC)OCC1. The molecule has 1 aliphatic heterocycles. The third-order valence-corrected chi connectivity index (χ3v) is 1.95. The van der Waals surface area contributed by atoms with Crippen LogP contribution < -0.4 is 0 Å². The zero-order chi connectivity index (χ0) is 7.40. The van der Waals surface area contributed by atoms with Gasteiger partial charge in [0, 0.05) is 12.8 Å². The van der Waals surface area contributed by atoms with Gasteiger partial charge >= 0.3 is 0 Å². The van der Waals surface area contributed by atoms with E-state index < -0.39 is 0 Å². The lowest BCUT2D eigenvalue weighted by Crippen LogP contribution is -1.83. The summed E-state index contributed by atoms with van der Waals surface area (Å²) in [6.45, 7) is 5.31. The van der Waals surface area contributed by atoms with Crippen LogP contribution in [-0.4, -0.2) is 6.61 Å². The van der Waals surface area contributed by atoms with Crippen molar-refractivity contribution in [1.82, 2.24) is 0 Å². The van der Waals surface area contributed by atoms with Crippen LogP contribution in [0.2, 0.25) is 0 Å². The van der Waals surface area contributed by atoms with Crippen LogP contribution in [0.25, 0.3) is 0 Å². The second-order valence-electron chi connectivity index (χ2n) is 2.73. The predicted octanol–water partition coefficient (Wildman–Crippen LogP) is 2.87. The Bertz CT molecular complexity index is 136. The number of rotatable bonds is 3. The Morgan fingerprint density at radius 3 is 2.80 bits per heavy atom. The average Bonchev–Trinajstić information content (AvgIpc) is 2.36. The van der Waals surface area contributed by atoms with E-state index in [1.807, 2.05) is 0 Å². The van der Waals surface area contributed by atoms with Crippen LogP contribution in [0.15, 0.2) is 11.3 Å². The summed E-state index contributed by atoms with van der Waals surface area (Å²) in [4.78, 5) is 0. The number of hydrogen-bond acceptors (Lipinski definition) is 1. The van der Waals surface area contributed by atoms with Gasteiger partial charge in [0.1, 0.15) is 0 Å². The summed E-state index contributed by atoms with van der Waals surface area (Å²) < 4.78 is 5.45. The van der Waals surface area contributed by atoms with Gasteiger partial charge < -0.3 is 4.74 Å². The highest BCUT2D eigenvalue weighted by atomic mass is 16.5. The Kier molecular flexibility index (Phi) is 2.79. The molecule has 0 unspecified atom stereocenters. The Balaban J connectivity index is 2.50. The van der Waals surface area contributed by atoms with E-state index >= 15 is 0 Å². The zero-order valence-electron chi connectivity index (χ0n) is 6.94. The molecule has 0 fully saturated rings. The van der Waals surface area contributed by atoms with E-state index in [2.05, 4.69) is 13.8 Å². The van der Waals surface area contributed by atoms with Gasteiger partial charge in [-0.2, -0.15) is 0 Å². The molecule has 0 aromatic rings. The standard InChI is InChI=1S/C9H16O/c1-3-5-8-6-7-10-9(8)4-2/h3-7H2,1-2H3.